The number of aromatic nitrogens is 2. The van der Waals surface area contributed by atoms with E-state index in [0.29, 0.717) is 22.7 Å². The molecular formula is C19H18FN5O. The molecular weight excluding hydrogens is 333 g/mol. The van der Waals surface area contributed by atoms with Gasteiger partial charge in [-0.25, -0.2) is 14.4 Å². The van der Waals surface area contributed by atoms with Crippen LogP contribution in [0.2, 0.25) is 0 Å². The van der Waals surface area contributed by atoms with E-state index < -0.39 is 12.1 Å². The Labute approximate surface area is 149 Å². The second-order valence-electron chi connectivity index (χ2n) is 6.59. The molecule has 0 spiro atoms. The van der Waals surface area contributed by atoms with Crippen molar-refractivity contribution >= 4 is 33.9 Å². The van der Waals surface area contributed by atoms with Crippen molar-refractivity contribution < 1.29 is 9.18 Å². The predicted octanol–water partition coefficient (Wildman–Crippen LogP) is 2.91. The monoisotopic (exact) mass is 351 g/mol. The van der Waals surface area contributed by atoms with Crippen molar-refractivity contribution in [2.24, 2.45) is 5.92 Å². The van der Waals surface area contributed by atoms with Crippen LogP contribution in [0.4, 0.5) is 16.0 Å². The molecule has 132 valence electrons. The van der Waals surface area contributed by atoms with Gasteiger partial charge in [0.1, 0.15) is 17.8 Å². The number of pyridine rings is 2. The minimum atomic E-state index is -1.04. The maximum absolute atomic E-state index is 13.0. The molecule has 0 saturated heterocycles. The number of nitrogens with zero attached hydrogens (tertiary/aromatic N) is 2. The van der Waals surface area contributed by atoms with Gasteiger partial charge in [0.05, 0.1) is 11.6 Å². The van der Waals surface area contributed by atoms with Crippen molar-refractivity contribution in [2.45, 2.75) is 19.5 Å². The Bertz CT molecular complexity index is 1010. The molecule has 3 heterocycles. The van der Waals surface area contributed by atoms with Crippen LogP contribution in [-0.2, 0) is 4.79 Å². The quantitative estimate of drug-likeness (QED) is 0.791. The van der Waals surface area contributed by atoms with Gasteiger partial charge in [-0.2, -0.15) is 0 Å². The smallest absolute Gasteiger partial charge is 0.231 e. The largest absolute Gasteiger partial charge is 0.383 e. The van der Waals surface area contributed by atoms with Gasteiger partial charge < -0.3 is 16.4 Å². The van der Waals surface area contributed by atoms with Gasteiger partial charge >= 0.3 is 0 Å². The summed E-state index contributed by atoms with van der Waals surface area (Å²) in [6, 6.07) is 3.61. The van der Waals surface area contributed by atoms with Crippen molar-refractivity contribution in [3.63, 3.8) is 0 Å². The van der Waals surface area contributed by atoms with Crippen LogP contribution in [0.15, 0.2) is 48.5 Å². The number of nitrogens with one attached hydrogen (secondary N) is 2. The number of allylic oxidation sites excluding steroid dienone is 3. The topological polar surface area (TPSA) is 92.9 Å². The molecule has 4 rings (SSSR count). The summed E-state index contributed by atoms with van der Waals surface area (Å²) in [5, 5.41) is 7.20. The summed E-state index contributed by atoms with van der Waals surface area (Å²) in [7, 11) is 0. The number of amides is 1. The van der Waals surface area contributed by atoms with E-state index in [4.69, 9.17) is 5.73 Å². The molecule has 1 amide bonds. The Balaban J connectivity index is 1.71. The zero-order valence-electron chi connectivity index (χ0n) is 14.2. The molecule has 26 heavy (non-hydrogen) atoms. The average molecular weight is 351 g/mol. The van der Waals surface area contributed by atoms with Gasteiger partial charge in [0, 0.05) is 29.1 Å². The summed E-state index contributed by atoms with van der Waals surface area (Å²) >= 11 is 0. The minimum Gasteiger partial charge on any atom is -0.383 e. The molecule has 1 aliphatic carbocycles. The van der Waals surface area contributed by atoms with Crippen LogP contribution in [0.3, 0.4) is 0 Å². The van der Waals surface area contributed by atoms with Crippen LogP contribution in [0.25, 0.3) is 16.3 Å². The van der Waals surface area contributed by atoms with E-state index in [9.17, 15) is 9.18 Å². The molecule has 0 aromatic carbocycles. The van der Waals surface area contributed by atoms with Crippen molar-refractivity contribution in [3.8, 4) is 0 Å². The summed E-state index contributed by atoms with van der Waals surface area (Å²) in [4.78, 5) is 20.6. The van der Waals surface area contributed by atoms with E-state index in [2.05, 4.69) is 27.2 Å². The first kappa shape index (κ1) is 16.3. The van der Waals surface area contributed by atoms with Gasteiger partial charge in [-0.3, -0.25) is 4.79 Å². The molecule has 0 unspecified atom stereocenters. The molecule has 1 saturated carbocycles. The second-order valence-corrected chi connectivity index (χ2v) is 6.59. The zero-order valence-corrected chi connectivity index (χ0v) is 14.2. The number of hydrogen-bond donors (Lipinski definition) is 3. The summed E-state index contributed by atoms with van der Waals surface area (Å²) in [5.74, 6) is -0.187. The first-order chi connectivity index (χ1) is 12.4. The number of carbonyl (C=O) groups excluding carboxylic acids is 1. The Morgan fingerprint density at radius 2 is 2.23 bits per heavy atom. The van der Waals surface area contributed by atoms with E-state index in [1.165, 1.54) is 0 Å². The lowest BCUT2D eigenvalue weighted by atomic mass is 9.99. The highest BCUT2D eigenvalue weighted by molar-refractivity contribution is 5.98. The Kier molecular flexibility index (Phi) is 3.72. The zero-order chi connectivity index (χ0) is 18.4. The third-order valence-electron chi connectivity index (χ3n) is 4.54. The van der Waals surface area contributed by atoms with Gasteiger partial charge in [-0.1, -0.05) is 6.58 Å². The van der Waals surface area contributed by atoms with Gasteiger partial charge in [0.2, 0.25) is 5.91 Å². The number of nitrogen functional groups attached to an aromatic ring is 1. The molecule has 1 aliphatic heterocycles. The van der Waals surface area contributed by atoms with Crippen LogP contribution in [-0.4, -0.2) is 22.0 Å². The molecule has 2 aromatic heterocycles. The lowest BCUT2D eigenvalue weighted by Crippen LogP contribution is -2.16. The maximum atomic E-state index is 13.0. The molecule has 2 aliphatic rings. The highest BCUT2D eigenvalue weighted by atomic mass is 19.1. The number of alkyl halides is 1. The Morgan fingerprint density at radius 1 is 1.46 bits per heavy atom. The summed E-state index contributed by atoms with van der Waals surface area (Å²) in [6.07, 6.45) is 4.56. The number of fused-ring (bicyclic) bond motifs is 1. The molecule has 0 radical (unpaired) electrons. The standard InChI is InChI=1S/C19H18FN5O/c1-9-7-22-10(2)3-12(9)16-4-11-5-17(23-8-14(11)18(21)24-16)25-19(26)13-6-15(13)20/h3-5,7-8,13,15,22H,2,6H2,1H3,(H2,21,24)(H,23,25,26)/t13-,15+/m1/s1. The van der Waals surface area contributed by atoms with Gasteiger partial charge in [0.25, 0.3) is 0 Å². The highest BCUT2D eigenvalue weighted by Gasteiger charge is 2.43. The third-order valence-corrected chi connectivity index (χ3v) is 4.54. The lowest BCUT2D eigenvalue weighted by molar-refractivity contribution is -0.117. The predicted molar refractivity (Wildman–Crippen MR) is 99.6 cm³/mol. The van der Waals surface area contributed by atoms with Crippen molar-refractivity contribution in [3.05, 3.63) is 54.1 Å². The molecule has 0 bridgehead atoms. The number of anilines is 2. The summed E-state index contributed by atoms with van der Waals surface area (Å²) in [5.41, 5.74) is 9.50. The molecule has 6 nitrogen and oxygen atoms in total. The van der Waals surface area contributed by atoms with Crippen LogP contribution in [0, 0.1) is 5.92 Å². The van der Waals surface area contributed by atoms with E-state index in [0.717, 1.165) is 22.2 Å². The van der Waals surface area contributed by atoms with Crippen LogP contribution < -0.4 is 16.4 Å². The normalized spacial score (nSPS) is 21.7. The van der Waals surface area contributed by atoms with Crippen molar-refractivity contribution in [2.75, 3.05) is 11.1 Å². The minimum absolute atomic E-state index is 0.276. The maximum Gasteiger partial charge on any atom is 0.231 e. The fourth-order valence-electron chi connectivity index (χ4n) is 2.92. The highest BCUT2D eigenvalue weighted by Crippen LogP contribution is 2.35. The first-order valence-electron chi connectivity index (χ1n) is 8.28. The fraction of sp³-hybridized carbons (Fsp3) is 0.211. The van der Waals surface area contributed by atoms with E-state index >= 15 is 0 Å². The van der Waals surface area contributed by atoms with Crippen LogP contribution >= 0.6 is 0 Å². The van der Waals surface area contributed by atoms with Crippen molar-refractivity contribution in [1.82, 2.24) is 15.3 Å². The fourth-order valence-corrected chi connectivity index (χ4v) is 2.92. The average Bonchev–Trinajstić information content (AvgIpc) is 3.33. The second kappa shape index (κ2) is 5.94. The SMILES string of the molecule is C=C1C=C(c2cc3cc(NC(=O)[C@@H]4C[C@@H]4F)ncc3c(N)n2)C(C)=CN1. The summed E-state index contributed by atoms with van der Waals surface area (Å²) < 4.78 is 13.0. The molecule has 4 N–H and O–H groups in total. The number of dihydropyridines is 1. The molecule has 2 aromatic rings. The number of hydrogen-bond acceptors (Lipinski definition) is 5. The Hall–Kier alpha value is -3.22. The molecule has 1 fully saturated rings. The van der Waals surface area contributed by atoms with E-state index in [1.54, 1.807) is 12.3 Å². The van der Waals surface area contributed by atoms with Crippen LogP contribution in [0.5, 0.6) is 0 Å². The number of halogens is 1. The number of carbonyl (C=O) groups is 1. The summed E-state index contributed by atoms with van der Waals surface area (Å²) in [6.45, 7) is 5.87. The molecule has 2 atom stereocenters. The number of nitrogens with two attached hydrogens (primary N) is 1. The lowest BCUT2D eigenvalue weighted by Gasteiger charge is -2.16. The van der Waals surface area contributed by atoms with E-state index in [-0.39, 0.29) is 12.3 Å². The van der Waals surface area contributed by atoms with Crippen molar-refractivity contribution in [1.29, 1.82) is 0 Å². The number of rotatable bonds is 3. The van der Waals surface area contributed by atoms with Gasteiger partial charge in [-0.05, 0) is 42.5 Å². The molecule has 7 heteroatoms. The third kappa shape index (κ3) is 2.92. The van der Waals surface area contributed by atoms with E-state index in [1.807, 2.05) is 25.3 Å². The Morgan fingerprint density at radius 3 is 2.96 bits per heavy atom. The van der Waals surface area contributed by atoms with Gasteiger partial charge in [0.15, 0.2) is 0 Å². The van der Waals surface area contributed by atoms with Gasteiger partial charge in [-0.15, -0.1) is 0 Å². The first-order valence-corrected chi connectivity index (χ1v) is 8.28. The van der Waals surface area contributed by atoms with Crippen LogP contribution in [0.1, 0.15) is 19.0 Å².